The molecule has 0 spiro atoms. The Bertz CT molecular complexity index is 1400. The van der Waals surface area contributed by atoms with Gasteiger partial charge in [-0.15, -0.1) is 11.3 Å². The Morgan fingerprint density at radius 1 is 1.14 bits per heavy atom. The molecule has 0 radical (unpaired) electrons. The summed E-state index contributed by atoms with van der Waals surface area (Å²) < 4.78 is 29.6. The molecule has 0 amide bonds. The minimum Gasteiger partial charge on any atom is -0.351 e. The van der Waals surface area contributed by atoms with Crippen molar-refractivity contribution < 1.29 is 8.42 Å². The SMILES string of the molecule is Cc1cnc(Nc2nc(NC3C[C@H]4CC[C@H](C3)N4S(=O)(=O)N3CC(C#N)C3)nc3ccccc23)s1. The smallest absolute Gasteiger partial charge is 0.282 e. The molecule has 3 fully saturated rings. The Balaban J connectivity index is 1.21. The topological polar surface area (TPSA) is 127 Å². The maximum Gasteiger partial charge on any atom is 0.282 e. The van der Waals surface area contributed by atoms with Crippen LogP contribution in [0.1, 0.15) is 30.6 Å². The molecule has 3 saturated heterocycles. The standard InChI is InChI=1S/C23H26N8O2S2/c1-14-11-25-23(34-14)29-21-19-4-2-3-5-20(19)27-22(28-21)26-16-8-17-6-7-18(9-16)31(17)35(32,33)30-12-15(10-24)13-30/h2-5,11,15-18H,6-9,12-13H2,1H3,(H2,25,26,27,28,29)/t17-,18-/m1/s1. The predicted molar refractivity (Wildman–Crippen MR) is 135 cm³/mol. The molecule has 3 aromatic rings. The first-order valence-corrected chi connectivity index (χ1v) is 14.0. The first-order valence-electron chi connectivity index (χ1n) is 11.8. The van der Waals surface area contributed by atoms with Gasteiger partial charge in [0, 0.05) is 47.7 Å². The van der Waals surface area contributed by atoms with E-state index in [1.165, 1.54) is 4.31 Å². The van der Waals surface area contributed by atoms with Crippen LogP contribution in [0.15, 0.2) is 30.5 Å². The van der Waals surface area contributed by atoms with Gasteiger partial charge in [0.1, 0.15) is 5.82 Å². The number of nitrogens with zero attached hydrogens (tertiary/aromatic N) is 6. The quantitative estimate of drug-likeness (QED) is 0.517. The van der Waals surface area contributed by atoms with Gasteiger partial charge in [0.25, 0.3) is 10.2 Å². The van der Waals surface area contributed by atoms with Gasteiger partial charge in [-0.05, 0) is 44.7 Å². The molecule has 5 heterocycles. The van der Waals surface area contributed by atoms with Crippen LogP contribution in [0.25, 0.3) is 10.9 Å². The average molecular weight is 511 g/mol. The van der Waals surface area contributed by atoms with Crippen LogP contribution in [0, 0.1) is 24.2 Å². The van der Waals surface area contributed by atoms with Crippen LogP contribution in [0.2, 0.25) is 0 Å². The first kappa shape index (κ1) is 22.6. The molecule has 10 nitrogen and oxygen atoms in total. The summed E-state index contributed by atoms with van der Waals surface area (Å²) in [5.74, 6) is 1.03. The maximum absolute atomic E-state index is 13.2. The lowest BCUT2D eigenvalue weighted by Crippen LogP contribution is -2.59. The van der Waals surface area contributed by atoms with E-state index in [0.29, 0.717) is 37.7 Å². The molecule has 3 aliphatic rings. The highest BCUT2D eigenvalue weighted by molar-refractivity contribution is 7.86. The van der Waals surface area contributed by atoms with E-state index in [0.717, 1.165) is 33.8 Å². The highest BCUT2D eigenvalue weighted by Gasteiger charge is 2.51. The Morgan fingerprint density at radius 3 is 2.57 bits per heavy atom. The Labute approximate surface area is 208 Å². The number of hydrogen-bond donors (Lipinski definition) is 2. The van der Waals surface area contributed by atoms with E-state index in [1.54, 1.807) is 15.6 Å². The molecule has 2 N–H and O–H groups in total. The molecule has 6 rings (SSSR count). The Morgan fingerprint density at radius 2 is 1.89 bits per heavy atom. The summed E-state index contributed by atoms with van der Waals surface area (Å²) in [4.78, 5) is 15.0. The molecular formula is C23H26N8O2S2. The molecule has 2 atom stereocenters. The van der Waals surface area contributed by atoms with Crippen LogP contribution < -0.4 is 10.6 Å². The van der Waals surface area contributed by atoms with Gasteiger partial charge in [-0.25, -0.2) is 9.97 Å². The third-order valence-corrected chi connectivity index (χ3v) is 9.98. The number of thiazole rings is 1. The molecule has 35 heavy (non-hydrogen) atoms. The van der Waals surface area contributed by atoms with Crippen LogP contribution in [-0.4, -0.2) is 63.2 Å². The Hall–Kier alpha value is -2.85. The fourth-order valence-electron chi connectivity index (χ4n) is 5.40. The molecule has 2 bridgehead atoms. The lowest BCUT2D eigenvalue weighted by Gasteiger charge is -2.43. The summed E-state index contributed by atoms with van der Waals surface area (Å²) in [7, 11) is -3.53. The van der Waals surface area contributed by atoms with Gasteiger partial charge in [-0.2, -0.15) is 27.3 Å². The number of aromatic nitrogens is 3. The number of nitrogens with one attached hydrogen (secondary N) is 2. The summed E-state index contributed by atoms with van der Waals surface area (Å²) in [6.45, 7) is 2.62. The summed E-state index contributed by atoms with van der Waals surface area (Å²) in [5, 5.41) is 17.5. The molecular weight excluding hydrogens is 484 g/mol. The van der Waals surface area contributed by atoms with Crippen molar-refractivity contribution in [1.29, 1.82) is 5.26 Å². The number of benzene rings is 1. The molecule has 0 saturated carbocycles. The van der Waals surface area contributed by atoms with Gasteiger partial charge in [0.15, 0.2) is 5.13 Å². The van der Waals surface area contributed by atoms with E-state index >= 15 is 0 Å². The number of nitriles is 1. The monoisotopic (exact) mass is 510 g/mol. The van der Waals surface area contributed by atoms with E-state index in [4.69, 9.17) is 15.2 Å². The Kier molecular flexibility index (Phi) is 5.60. The number of piperidine rings is 1. The van der Waals surface area contributed by atoms with Crippen molar-refractivity contribution in [2.24, 2.45) is 5.92 Å². The summed E-state index contributed by atoms with van der Waals surface area (Å²) in [5.41, 5.74) is 0.827. The molecule has 182 valence electrons. The zero-order valence-corrected chi connectivity index (χ0v) is 20.9. The van der Waals surface area contributed by atoms with E-state index in [2.05, 4.69) is 21.7 Å². The van der Waals surface area contributed by atoms with Crippen molar-refractivity contribution in [3.63, 3.8) is 0 Å². The van der Waals surface area contributed by atoms with Crippen LogP contribution in [0.4, 0.5) is 16.9 Å². The number of aryl methyl sites for hydroxylation is 1. The van der Waals surface area contributed by atoms with Crippen LogP contribution in [0.3, 0.4) is 0 Å². The lowest BCUT2D eigenvalue weighted by atomic mass is 10.00. The molecule has 12 heteroatoms. The highest BCUT2D eigenvalue weighted by atomic mass is 32.2. The van der Waals surface area contributed by atoms with Gasteiger partial charge in [0.05, 0.1) is 17.5 Å². The minimum absolute atomic E-state index is 0.0475. The summed E-state index contributed by atoms with van der Waals surface area (Å²) in [6.07, 6.45) is 4.94. The van der Waals surface area contributed by atoms with E-state index < -0.39 is 10.2 Å². The highest BCUT2D eigenvalue weighted by Crippen LogP contribution is 2.41. The third kappa shape index (κ3) is 4.12. The molecule has 1 aromatic carbocycles. The van der Waals surface area contributed by atoms with Crippen LogP contribution in [-0.2, 0) is 10.2 Å². The molecule has 0 unspecified atom stereocenters. The van der Waals surface area contributed by atoms with Crippen LogP contribution in [0.5, 0.6) is 0 Å². The third-order valence-electron chi connectivity index (χ3n) is 7.07. The van der Waals surface area contributed by atoms with Gasteiger partial charge < -0.3 is 10.6 Å². The van der Waals surface area contributed by atoms with Gasteiger partial charge >= 0.3 is 0 Å². The lowest BCUT2D eigenvalue weighted by molar-refractivity contribution is 0.182. The van der Waals surface area contributed by atoms with Crippen molar-refractivity contribution in [2.45, 2.75) is 50.7 Å². The van der Waals surface area contributed by atoms with E-state index in [1.807, 2.05) is 37.4 Å². The number of para-hydroxylation sites is 1. The second-order valence-electron chi connectivity index (χ2n) is 9.49. The van der Waals surface area contributed by atoms with E-state index in [-0.39, 0.29) is 24.0 Å². The van der Waals surface area contributed by atoms with Crippen molar-refractivity contribution >= 4 is 49.3 Å². The van der Waals surface area contributed by atoms with Crippen molar-refractivity contribution in [3.8, 4) is 6.07 Å². The predicted octanol–water partition coefficient (Wildman–Crippen LogP) is 3.25. The largest absolute Gasteiger partial charge is 0.351 e. The zero-order chi connectivity index (χ0) is 24.2. The summed E-state index contributed by atoms with van der Waals surface area (Å²) in [6, 6.07) is 10.00. The fourth-order valence-corrected chi connectivity index (χ4v) is 8.21. The summed E-state index contributed by atoms with van der Waals surface area (Å²) >= 11 is 1.57. The van der Waals surface area contributed by atoms with Crippen molar-refractivity contribution in [3.05, 3.63) is 35.3 Å². The second kappa shape index (κ2) is 8.67. The molecule has 2 aromatic heterocycles. The first-order chi connectivity index (χ1) is 16.9. The molecule has 3 aliphatic heterocycles. The number of anilines is 3. The van der Waals surface area contributed by atoms with Crippen molar-refractivity contribution in [2.75, 3.05) is 23.7 Å². The van der Waals surface area contributed by atoms with Gasteiger partial charge in [-0.3, -0.25) is 0 Å². The average Bonchev–Trinajstić information content (AvgIpc) is 3.33. The second-order valence-corrected chi connectivity index (χ2v) is 12.6. The normalized spacial score (nSPS) is 25.3. The zero-order valence-electron chi connectivity index (χ0n) is 19.3. The van der Waals surface area contributed by atoms with E-state index in [9.17, 15) is 8.42 Å². The minimum atomic E-state index is -3.53. The van der Waals surface area contributed by atoms with Crippen molar-refractivity contribution in [1.82, 2.24) is 23.6 Å². The van der Waals surface area contributed by atoms with Gasteiger partial charge in [0.2, 0.25) is 5.95 Å². The van der Waals surface area contributed by atoms with Crippen LogP contribution >= 0.6 is 11.3 Å². The van der Waals surface area contributed by atoms with Gasteiger partial charge in [-0.1, -0.05) is 12.1 Å². The molecule has 0 aliphatic carbocycles. The maximum atomic E-state index is 13.2. The number of hydrogen-bond acceptors (Lipinski definition) is 9. The fraction of sp³-hybridized carbons (Fsp3) is 0.478. The number of fused-ring (bicyclic) bond motifs is 3. The number of rotatable bonds is 6.